The van der Waals surface area contributed by atoms with Crippen LogP contribution < -0.4 is 11.3 Å². The van der Waals surface area contributed by atoms with Crippen molar-refractivity contribution in [2.45, 2.75) is 45.1 Å². The number of nitrogen functional groups attached to an aromatic ring is 1. The predicted octanol–water partition coefficient (Wildman–Crippen LogP) is 1.31. The number of carbonyl (C=O) groups is 1. The Balaban J connectivity index is 2.24. The first-order valence-corrected chi connectivity index (χ1v) is 7.59. The molecule has 6 nitrogen and oxygen atoms in total. The molecule has 21 heavy (non-hydrogen) atoms. The highest BCUT2D eigenvalue weighted by molar-refractivity contribution is 5.95. The van der Waals surface area contributed by atoms with E-state index in [4.69, 9.17) is 5.84 Å². The summed E-state index contributed by atoms with van der Waals surface area (Å²) >= 11 is 0. The zero-order valence-electron chi connectivity index (χ0n) is 12.5. The van der Waals surface area contributed by atoms with Crippen LogP contribution in [-0.4, -0.2) is 40.1 Å². The molecule has 0 bridgehead atoms. The zero-order chi connectivity index (χ0) is 15.2. The standard InChI is InChI=1S/C15H24N4O2/c1-2-12-9-11(10-14(17-12)18-16)15(21)19-7-4-3-5-13(19)6-8-20/h9-10,13,20H,2-8,16H2,1H3,(H,17,18). The number of aromatic nitrogens is 1. The number of aryl methyl sites for hydroxylation is 1. The normalized spacial score (nSPS) is 18.6. The van der Waals surface area contributed by atoms with Crippen LogP contribution in [-0.2, 0) is 6.42 Å². The van der Waals surface area contributed by atoms with Gasteiger partial charge in [-0.15, -0.1) is 0 Å². The third-order valence-corrected chi connectivity index (χ3v) is 3.99. The smallest absolute Gasteiger partial charge is 0.254 e. The molecule has 1 atom stereocenters. The molecule has 116 valence electrons. The molecule has 2 rings (SSSR count). The fraction of sp³-hybridized carbons (Fsp3) is 0.600. The Morgan fingerprint density at radius 2 is 2.33 bits per heavy atom. The molecule has 2 heterocycles. The Morgan fingerprint density at radius 1 is 1.52 bits per heavy atom. The van der Waals surface area contributed by atoms with Crippen LogP contribution in [0.2, 0.25) is 0 Å². The van der Waals surface area contributed by atoms with Gasteiger partial charge in [-0.3, -0.25) is 4.79 Å². The first-order chi connectivity index (χ1) is 10.2. The van der Waals surface area contributed by atoms with Gasteiger partial charge in [0.25, 0.3) is 5.91 Å². The van der Waals surface area contributed by atoms with E-state index >= 15 is 0 Å². The van der Waals surface area contributed by atoms with E-state index < -0.39 is 0 Å². The molecule has 1 saturated heterocycles. The number of hydrogen-bond donors (Lipinski definition) is 3. The van der Waals surface area contributed by atoms with Crippen LogP contribution >= 0.6 is 0 Å². The predicted molar refractivity (Wildman–Crippen MR) is 81.8 cm³/mol. The monoisotopic (exact) mass is 292 g/mol. The Morgan fingerprint density at radius 3 is 3.00 bits per heavy atom. The fourth-order valence-corrected chi connectivity index (χ4v) is 2.85. The number of pyridine rings is 1. The van der Waals surface area contributed by atoms with Crippen LogP contribution in [0.1, 0.15) is 48.7 Å². The van der Waals surface area contributed by atoms with Crippen molar-refractivity contribution in [3.8, 4) is 0 Å². The van der Waals surface area contributed by atoms with Crippen molar-refractivity contribution in [2.24, 2.45) is 5.84 Å². The average molecular weight is 292 g/mol. The summed E-state index contributed by atoms with van der Waals surface area (Å²) in [6.45, 7) is 2.85. The highest BCUT2D eigenvalue weighted by Crippen LogP contribution is 2.23. The summed E-state index contributed by atoms with van der Waals surface area (Å²) in [5.41, 5.74) is 3.96. The number of amides is 1. The van der Waals surface area contributed by atoms with Gasteiger partial charge in [-0.25, -0.2) is 10.8 Å². The van der Waals surface area contributed by atoms with E-state index in [1.807, 2.05) is 17.9 Å². The van der Waals surface area contributed by atoms with Gasteiger partial charge >= 0.3 is 0 Å². The SMILES string of the molecule is CCc1cc(C(=O)N2CCCCC2CCO)cc(NN)n1. The molecule has 4 N–H and O–H groups in total. The van der Waals surface area contributed by atoms with Crippen molar-refractivity contribution in [3.63, 3.8) is 0 Å². The number of nitrogens with two attached hydrogens (primary N) is 1. The van der Waals surface area contributed by atoms with Gasteiger partial charge in [0.2, 0.25) is 0 Å². The third kappa shape index (κ3) is 3.71. The summed E-state index contributed by atoms with van der Waals surface area (Å²) in [5.74, 6) is 5.93. The first-order valence-electron chi connectivity index (χ1n) is 7.59. The second kappa shape index (κ2) is 7.38. The van der Waals surface area contributed by atoms with Crippen LogP contribution in [0.25, 0.3) is 0 Å². The molecule has 1 amide bonds. The maximum atomic E-state index is 12.8. The second-order valence-electron chi connectivity index (χ2n) is 5.39. The zero-order valence-corrected chi connectivity index (χ0v) is 12.5. The summed E-state index contributed by atoms with van der Waals surface area (Å²) in [7, 11) is 0. The molecule has 0 radical (unpaired) electrons. The molecule has 1 aliphatic heterocycles. The lowest BCUT2D eigenvalue weighted by Gasteiger charge is -2.35. The van der Waals surface area contributed by atoms with Gasteiger partial charge in [-0.2, -0.15) is 0 Å². The number of carbonyl (C=O) groups excluding carboxylic acids is 1. The molecule has 1 aliphatic rings. The number of nitrogens with zero attached hydrogens (tertiary/aromatic N) is 2. The summed E-state index contributed by atoms with van der Waals surface area (Å²) in [6, 6.07) is 3.64. The quantitative estimate of drug-likeness (QED) is 0.562. The molecular formula is C15H24N4O2. The summed E-state index contributed by atoms with van der Waals surface area (Å²) in [5, 5.41) is 9.18. The lowest BCUT2D eigenvalue weighted by molar-refractivity contribution is 0.0574. The van der Waals surface area contributed by atoms with Gasteiger partial charge in [0.15, 0.2) is 0 Å². The number of aliphatic hydroxyl groups excluding tert-OH is 1. The summed E-state index contributed by atoms with van der Waals surface area (Å²) < 4.78 is 0. The van der Waals surface area contributed by atoms with Crippen LogP contribution in [0, 0.1) is 0 Å². The Bertz CT molecular complexity index is 468. The second-order valence-corrected chi connectivity index (χ2v) is 5.39. The van der Waals surface area contributed by atoms with Crippen LogP contribution in [0.4, 0.5) is 5.82 Å². The molecule has 0 aliphatic carbocycles. The topological polar surface area (TPSA) is 91.5 Å². The van der Waals surface area contributed by atoms with Crippen molar-refractivity contribution in [2.75, 3.05) is 18.6 Å². The average Bonchev–Trinajstić information content (AvgIpc) is 2.54. The number of rotatable bonds is 5. The Hall–Kier alpha value is -1.66. The lowest BCUT2D eigenvalue weighted by atomic mass is 9.98. The van der Waals surface area contributed by atoms with E-state index in [2.05, 4.69) is 10.4 Å². The van der Waals surface area contributed by atoms with Gasteiger partial charge in [0, 0.05) is 30.5 Å². The highest BCUT2D eigenvalue weighted by Gasteiger charge is 2.27. The summed E-state index contributed by atoms with van der Waals surface area (Å²) in [6.07, 6.45) is 4.47. The number of piperidine rings is 1. The summed E-state index contributed by atoms with van der Waals surface area (Å²) in [4.78, 5) is 19.0. The Kier molecular flexibility index (Phi) is 5.52. The minimum Gasteiger partial charge on any atom is -0.396 e. The van der Waals surface area contributed by atoms with Crippen molar-refractivity contribution >= 4 is 11.7 Å². The van der Waals surface area contributed by atoms with Gasteiger partial charge < -0.3 is 15.4 Å². The van der Waals surface area contributed by atoms with Gasteiger partial charge in [-0.05, 0) is 44.2 Å². The number of aliphatic hydroxyl groups is 1. The first kappa shape index (κ1) is 15.7. The number of hydrogen-bond acceptors (Lipinski definition) is 5. The van der Waals surface area contributed by atoms with Crippen LogP contribution in [0.15, 0.2) is 12.1 Å². The number of anilines is 1. The van der Waals surface area contributed by atoms with E-state index in [1.165, 1.54) is 0 Å². The molecule has 6 heteroatoms. The molecule has 1 aromatic heterocycles. The number of hydrazine groups is 1. The molecule has 1 unspecified atom stereocenters. The van der Waals surface area contributed by atoms with Gasteiger partial charge in [0.1, 0.15) is 5.82 Å². The van der Waals surface area contributed by atoms with Crippen molar-refractivity contribution in [1.82, 2.24) is 9.88 Å². The largest absolute Gasteiger partial charge is 0.396 e. The van der Waals surface area contributed by atoms with Gasteiger partial charge in [0.05, 0.1) is 0 Å². The van der Waals surface area contributed by atoms with E-state index in [0.717, 1.165) is 37.9 Å². The van der Waals surface area contributed by atoms with Crippen LogP contribution in [0.3, 0.4) is 0 Å². The van der Waals surface area contributed by atoms with Gasteiger partial charge in [-0.1, -0.05) is 6.92 Å². The molecule has 0 spiro atoms. The van der Waals surface area contributed by atoms with E-state index in [0.29, 0.717) is 17.8 Å². The molecule has 0 saturated carbocycles. The Labute approximate surface area is 125 Å². The van der Waals surface area contributed by atoms with Crippen molar-refractivity contribution in [1.29, 1.82) is 0 Å². The number of nitrogens with one attached hydrogen (secondary N) is 1. The van der Waals surface area contributed by atoms with E-state index in [-0.39, 0.29) is 18.6 Å². The van der Waals surface area contributed by atoms with Crippen LogP contribution in [0.5, 0.6) is 0 Å². The molecule has 0 aromatic carbocycles. The van der Waals surface area contributed by atoms with E-state index in [9.17, 15) is 9.90 Å². The molecule has 1 aromatic rings. The lowest BCUT2D eigenvalue weighted by Crippen LogP contribution is -2.44. The minimum atomic E-state index is 0.00162. The highest BCUT2D eigenvalue weighted by atomic mass is 16.3. The molecular weight excluding hydrogens is 268 g/mol. The maximum absolute atomic E-state index is 12.8. The van der Waals surface area contributed by atoms with Crippen molar-refractivity contribution < 1.29 is 9.90 Å². The fourth-order valence-electron chi connectivity index (χ4n) is 2.85. The molecule has 1 fully saturated rings. The maximum Gasteiger partial charge on any atom is 0.254 e. The van der Waals surface area contributed by atoms with Crippen molar-refractivity contribution in [3.05, 3.63) is 23.4 Å². The number of likely N-dealkylation sites (tertiary alicyclic amines) is 1. The third-order valence-electron chi connectivity index (χ3n) is 3.99. The van der Waals surface area contributed by atoms with E-state index in [1.54, 1.807) is 6.07 Å². The minimum absolute atomic E-state index is 0.00162.